The molecular formula is C9H19NO2S. The van der Waals surface area contributed by atoms with Crippen molar-refractivity contribution >= 4 is 17.7 Å². The van der Waals surface area contributed by atoms with Crippen LogP contribution in [0.4, 0.5) is 0 Å². The highest BCUT2D eigenvalue weighted by atomic mass is 32.2. The molecule has 0 saturated heterocycles. The zero-order valence-electron chi connectivity index (χ0n) is 8.49. The predicted molar refractivity (Wildman–Crippen MR) is 57.0 cm³/mol. The zero-order valence-corrected chi connectivity index (χ0v) is 9.30. The van der Waals surface area contributed by atoms with Crippen LogP contribution in [-0.2, 0) is 4.79 Å². The number of nitrogens with two attached hydrogens (primary N) is 1. The summed E-state index contributed by atoms with van der Waals surface area (Å²) >= 11 is 1.82. The molecule has 0 heterocycles. The third-order valence-corrected chi connectivity index (χ3v) is 3.54. The van der Waals surface area contributed by atoms with Crippen LogP contribution in [-0.4, -0.2) is 28.1 Å². The van der Waals surface area contributed by atoms with Gasteiger partial charge in [0, 0.05) is 11.3 Å². The van der Waals surface area contributed by atoms with E-state index in [1.165, 1.54) is 0 Å². The molecule has 0 aromatic carbocycles. The summed E-state index contributed by atoms with van der Waals surface area (Å²) in [5.74, 6) is 0.486. The van der Waals surface area contributed by atoms with Crippen LogP contribution in [0.25, 0.3) is 0 Å². The topological polar surface area (TPSA) is 63.3 Å². The van der Waals surface area contributed by atoms with Gasteiger partial charge in [-0.3, -0.25) is 4.79 Å². The summed E-state index contributed by atoms with van der Waals surface area (Å²) in [5, 5.41) is 8.99. The fourth-order valence-electron chi connectivity index (χ4n) is 1.15. The van der Waals surface area contributed by atoms with Gasteiger partial charge in [-0.15, -0.1) is 0 Å². The second-order valence-corrected chi connectivity index (χ2v) is 4.94. The number of aliphatic carboxylic acids is 1. The van der Waals surface area contributed by atoms with E-state index in [0.717, 1.165) is 5.75 Å². The predicted octanol–water partition coefficient (Wildman–Crippen LogP) is 1.57. The Morgan fingerprint density at radius 3 is 2.46 bits per heavy atom. The van der Waals surface area contributed by atoms with Gasteiger partial charge >= 0.3 is 5.97 Å². The van der Waals surface area contributed by atoms with Gasteiger partial charge in [-0.25, -0.2) is 0 Å². The fraction of sp³-hybridized carbons (Fsp3) is 0.889. The second kappa shape index (κ2) is 6.27. The molecule has 0 aromatic heterocycles. The largest absolute Gasteiger partial charge is 0.481 e. The average Bonchev–Trinajstić information content (AvgIpc) is 2.02. The normalized spacial score (nSPS) is 17.8. The smallest absolute Gasteiger partial charge is 0.304 e. The summed E-state index contributed by atoms with van der Waals surface area (Å²) < 4.78 is 0. The van der Waals surface area contributed by atoms with Crippen molar-refractivity contribution in [1.29, 1.82) is 0 Å². The Balaban J connectivity index is 3.92. The third-order valence-electron chi connectivity index (χ3n) is 2.26. The first kappa shape index (κ1) is 12.8. The summed E-state index contributed by atoms with van der Waals surface area (Å²) in [6.45, 7) is 6.21. The first-order valence-electron chi connectivity index (χ1n) is 4.58. The summed E-state index contributed by atoms with van der Waals surface area (Å²) in [5.41, 5.74) is 5.76. The van der Waals surface area contributed by atoms with E-state index >= 15 is 0 Å². The van der Waals surface area contributed by atoms with Crippen LogP contribution in [0.2, 0.25) is 0 Å². The van der Waals surface area contributed by atoms with Crippen molar-refractivity contribution in [3.8, 4) is 0 Å². The minimum atomic E-state index is -0.812. The lowest BCUT2D eigenvalue weighted by Gasteiger charge is -2.24. The molecule has 0 aliphatic heterocycles. The van der Waals surface area contributed by atoms with Crippen molar-refractivity contribution in [3.05, 3.63) is 0 Å². The Labute approximate surface area is 84.1 Å². The second-order valence-electron chi connectivity index (χ2n) is 3.28. The van der Waals surface area contributed by atoms with E-state index < -0.39 is 5.97 Å². The van der Waals surface area contributed by atoms with Crippen LogP contribution in [0.1, 0.15) is 27.2 Å². The summed E-state index contributed by atoms with van der Waals surface area (Å²) in [6, 6.07) is -0.230. The molecule has 3 N–H and O–H groups in total. The van der Waals surface area contributed by atoms with Crippen molar-refractivity contribution in [1.82, 2.24) is 0 Å². The fourth-order valence-corrected chi connectivity index (χ4v) is 2.18. The number of carboxylic acids is 1. The molecule has 0 aliphatic carbocycles. The maximum absolute atomic E-state index is 10.4. The van der Waals surface area contributed by atoms with Gasteiger partial charge in [-0.05, 0) is 11.7 Å². The van der Waals surface area contributed by atoms with Gasteiger partial charge in [-0.1, -0.05) is 20.8 Å². The lowest BCUT2D eigenvalue weighted by Crippen LogP contribution is -2.35. The van der Waals surface area contributed by atoms with Crippen molar-refractivity contribution in [2.24, 2.45) is 11.7 Å². The van der Waals surface area contributed by atoms with Gasteiger partial charge < -0.3 is 10.8 Å². The lowest BCUT2D eigenvalue weighted by molar-refractivity contribution is -0.137. The van der Waals surface area contributed by atoms with Crippen LogP contribution >= 0.6 is 11.8 Å². The average molecular weight is 205 g/mol. The summed E-state index contributed by atoms with van der Waals surface area (Å²) in [7, 11) is 0. The molecule has 0 aliphatic rings. The molecule has 4 heteroatoms. The first-order valence-corrected chi connectivity index (χ1v) is 5.62. The molecule has 0 rings (SSSR count). The quantitative estimate of drug-likeness (QED) is 0.691. The Morgan fingerprint density at radius 1 is 1.54 bits per heavy atom. The van der Waals surface area contributed by atoms with Crippen molar-refractivity contribution in [2.45, 2.75) is 38.5 Å². The zero-order chi connectivity index (χ0) is 10.4. The van der Waals surface area contributed by atoms with E-state index in [2.05, 4.69) is 13.8 Å². The summed E-state index contributed by atoms with van der Waals surface area (Å²) in [6.07, 6.45) is 0.0653. The van der Waals surface area contributed by atoms with Gasteiger partial charge in [0.15, 0.2) is 0 Å². The molecule has 0 radical (unpaired) electrons. The van der Waals surface area contributed by atoms with Gasteiger partial charge in [-0.2, -0.15) is 11.8 Å². The molecule has 0 unspecified atom stereocenters. The minimum Gasteiger partial charge on any atom is -0.481 e. The highest BCUT2D eigenvalue weighted by molar-refractivity contribution is 7.99. The van der Waals surface area contributed by atoms with Gasteiger partial charge in [0.05, 0.1) is 6.42 Å². The van der Waals surface area contributed by atoms with E-state index in [4.69, 9.17) is 10.8 Å². The molecule has 3 atom stereocenters. The molecular weight excluding hydrogens is 186 g/mol. The minimum absolute atomic E-state index is 0.0653. The highest BCUT2D eigenvalue weighted by Crippen LogP contribution is 2.21. The molecule has 13 heavy (non-hydrogen) atoms. The number of hydrogen-bond donors (Lipinski definition) is 2. The van der Waals surface area contributed by atoms with Crippen molar-refractivity contribution < 1.29 is 9.90 Å². The van der Waals surface area contributed by atoms with Crippen LogP contribution < -0.4 is 5.73 Å². The van der Waals surface area contributed by atoms with E-state index in [0.29, 0.717) is 5.25 Å². The van der Waals surface area contributed by atoms with Crippen LogP contribution in [0.3, 0.4) is 0 Å². The van der Waals surface area contributed by atoms with Crippen LogP contribution in [0.15, 0.2) is 0 Å². The molecule has 3 nitrogen and oxygen atoms in total. The van der Waals surface area contributed by atoms with Crippen molar-refractivity contribution in [3.63, 3.8) is 0 Å². The maximum Gasteiger partial charge on any atom is 0.304 e. The Kier molecular flexibility index (Phi) is 6.16. The highest BCUT2D eigenvalue weighted by Gasteiger charge is 2.21. The molecule has 0 aromatic rings. The first-order chi connectivity index (χ1) is 5.99. The number of hydrogen-bond acceptors (Lipinski definition) is 3. The lowest BCUT2D eigenvalue weighted by atomic mass is 9.97. The van der Waals surface area contributed by atoms with E-state index in [1.54, 1.807) is 0 Å². The standard InChI is InChI=1S/C9H19NO2S/c1-4-13-7(3)6(2)8(10)5-9(11)12/h6-8H,4-5,10H2,1-3H3,(H,11,12)/t6-,7+,8-/m0/s1. The van der Waals surface area contributed by atoms with E-state index in [-0.39, 0.29) is 18.4 Å². The number of thioether (sulfide) groups is 1. The van der Waals surface area contributed by atoms with Crippen LogP contribution in [0.5, 0.6) is 0 Å². The van der Waals surface area contributed by atoms with E-state index in [9.17, 15) is 4.79 Å². The van der Waals surface area contributed by atoms with Crippen LogP contribution in [0, 0.1) is 5.92 Å². The third kappa shape index (κ3) is 5.16. The number of carbonyl (C=O) groups is 1. The number of rotatable bonds is 6. The number of carboxylic acid groups (broad SMARTS) is 1. The molecule has 0 spiro atoms. The van der Waals surface area contributed by atoms with Crippen molar-refractivity contribution in [2.75, 3.05) is 5.75 Å². The SMILES string of the molecule is CCS[C@H](C)[C@H](C)[C@@H](N)CC(=O)O. The maximum atomic E-state index is 10.4. The molecule has 0 amide bonds. The van der Waals surface area contributed by atoms with Gasteiger partial charge in [0.1, 0.15) is 0 Å². The monoisotopic (exact) mass is 205 g/mol. The Morgan fingerprint density at radius 2 is 2.08 bits per heavy atom. The van der Waals surface area contributed by atoms with Gasteiger partial charge in [0.25, 0.3) is 0 Å². The Hall–Kier alpha value is -0.220. The summed E-state index contributed by atoms with van der Waals surface area (Å²) in [4.78, 5) is 10.4. The molecule has 78 valence electrons. The van der Waals surface area contributed by atoms with Gasteiger partial charge in [0.2, 0.25) is 0 Å². The molecule has 0 fully saturated rings. The molecule has 0 bridgehead atoms. The molecule has 0 saturated carbocycles. The Bertz CT molecular complexity index is 164. The van der Waals surface area contributed by atoms with E-state index in [1.807, 2.05) is 18.7 Å².